The number of sulfonamides is 1. The summed E-state index contributed by atoms with van der Waals surface area (Å²) < 4.78 is 31.3. The van der Waals surface area contributed by atoms with Crippen LogP contribution in [-0.4, -0.2) is 54.6 Å². The van der Waals surface area contributed by atoms with Gasteiger partial charge in [-0.2, -0.15) is 9.57 Å². The molecule has 0 radical (unpaired) electrons. The second-order valence-corrected chi connectivity index (χ2v) is 6.32. The molecule has 8 nitrogen and oxygen atoms in total. The van der Waals surface area contributed by atoms with Gasteiger partial charge in [0.15, 0.2) is 0 Å². The summed E-state index contributed by atoms with van der Waals surface area (Å²) in [5.74, 6) is -1.09. The third kappa shape index (κ3) is 3.36. The van der Waals surface area contributed by atoms with Gasteiger partial charge in [0.1, 0.15) is 16.7 Å². The fraction of sp³-hybridized carbons (Fsp3) is 0.417. The van der Waals surface area contributed by atoms with Crippen molar-refractivity contribution >= 4 is 16.0 Å². The number of rotatable bonds is 4. The SMILES string of the molecule is N#Cc1ccc(S(=O)(=O)N2CCOCC2CC(=O)O)cn1. The Labute approximate surface area is 121 Å². The molecule has 112 valence electrons. The van der Waals surface area contributed by atoms with Crippen LogP contribution >= 0.6 is 0 Å². The highest BCUT2D eigenvalue weighted by atomic mass is 32.2. The minimum atomic E-state index is -3.86. The number of hydrogen-bond acceptors (Lipinski definition) is 6. The number of ether oxygens (including phenoxy) is 1. The molecular weight excluding hydrogens is 298 g/mol. The fourth-order valence-electron chi connectivity index (χ4n) is 2.05. The molecule has 0 spiro atoms. The van der Waals surface area contributed by atoms with E-state index in [0.29, 0.717) is 0 Å². The Kier molecular flexibility index (Phi) is 4.52. The first-order valence-corrected chi connectivity index (χ1v) is 7.56. The molecule has 1 aliphatic rings. The number of aliphatic carboxylic acids is 1. The number of hydrogen-bond donors (Lipinski definition) is 1. The van der Waals surface area contributed by atoms with Crippen molar-refractivity contribution in [1.29, 1.82) is 5.26 Å². The minimum absolute atomic E-state index is 0.0369. The van der Waals surface area contributed by atoms with E-state index in [1.807, 2.05) is 0 Å². The van der Waals surface area contributed by atoms with Crippen LogP contribution in [0, 0.1) is 11.3 Å². The van der Waals surface area contributed by atoms with Crippen molar-refractivity contribution < 1.29 is 23.1 Å². The molecule has 1 saturated heterocycles. The molecule has 1 aliphatic heterocycles. The summed E-state index contributed by atoms with van der Waals surface area (Å²) in [6.07, 6.45) is 0.768. The van der Waals surface area contributed by atoms with Crippen LogP contribution in [0.25, 0.3) is 0 Å². The zero-order valence-electron chi connectivity index (χ0n) is 11.0. The van der Waals surface area contributed by atoms with Gasteiger partial charge < -0.3 is 9.84 Å². The number of pyridine rings is 1. The van der Waals surface area contributed by atoms with Gasteiger partial charge in [-0.3, -0.25) is 4.79 Å². The average Bonchev–Trinajstić information content (AvgIpc) is 2.47. The normalized spacial score (nSPS) is 19.9. The molecule has 1 aromatic rings. The molecule has 1 fully saturated rings. The van der Waals surface area contributed by atoms with E-state index < -0.39 is 22.0 Å². The Balaban J connectivity index is 2.31. The van der Waals surface area contributed by atoms with Crippen LogP contribution in [0.2, 0.25) is 0 Å². The number of carboxylic acids is 1. The summed E-state index contributed by atoms with van der Waals surface area (Å²) >= 11 is 0. The molecule has 1 aromatic heterocycles. The van der Waals surface area contributed by atoms with Crippen LogP contribution in [0.4, 0.5) is 0 Å². The van der Waals surface area contributed by atoms with Gasteiger partial charge in [-0.05, 0) is 12.1 Å². The van der Waals surface area contributed by atoms with E-state index in [1.165, 1.54) is 12.1 Å². The Morgan fingerprint density at radius 2 is 2.33 bits per heavy atom. The lowest BCUT2D eigenvalue weighted by atomic mass is 10.2. The molecule has 2 rings (SSSR count). The lowest BCUT2D eigenvalue weighted by Gasteiger charge is -2.33. The zero-order valence-corrected chi connectivity index (χ0v) is 11.8. The number of carbonyl (C=O) groups is 1. The lowest BCUT2D eigenvalue weighted by molar-refractivity contribution is -0.139. The maximum Gasteiger partial charge on any atom is 0.305 e. The maximum absolute atomic E-state index is 12.5. The standard InChI is InChI=1S/C12H13N3O5S/c13-6-9-1-2-11(7-14-9)21(18,19)15-3-4-20-8-10(15)5-12(16)17/h1-2,7,10H,3-5,8H2,(H,16,17). The van der Waals surface area contributed by atoms with E-state index in [9.17, 15) is 13.2 Å². The zero-order chi connectivity index (χ0) is 15.5. The van der Waals surface area contributed by atoms with E-state index in [0.717, 1.165) is 10.5 Å². The quantitative estimate of drug-likeness (QED) is 0.818. The van der Waals surface area contributed by atoms with Gasteiger partial charge in [0.25, 0.3) is 0 Å². The lowest BCUT2D eigenvalue weighted by Crippen LogP contribution is -2.49. The van der Waals surface area contributed by atoms with Gasteiger partial charge in [-0.25, -0.2) is 13.4 Å². The summed E-state index contributed by atoms with van der Waals surface area (Å²) in [6.45, 7) is 0.328. The van der Waals surface area contributed by atoms with Crippen molar-refractivity contribution in [1.82, 2.24) is 9.29 Å². The summed E-state index contributed by atoms with van der Waals surface area (Å²) in [5, 5.41) is 17.5. The van der Waals surface area contributed by atoms with Crippen LogP contribution in [-0.2, 0) is 19.6 Å². The second kappa shape index (κ2) is 6.17. The molecule has 9 heteroatoms. The number of aromatic nitrogens is 1. The molecule has 2 heterocycles. The summed E-state index contributed by atoms with van der Waals surface area (Å²) in [7, 11) is -3.86. The molecule has 0 aliphatic carbocycles. The third-order valence-electron chi connectivity index (χ3n) is 3.04. The monoisotopic (exact) mass is 311 g/mol. The van der Waals surface area contributed by atoms with Crippen LogP contribution in [0.1, 0.15) is 12.1 Å². The largest absolute Gasteiger partial charge is 0.481 e. The number of nitriles is 1. The molecule has 1 atom stereocenters. The number of carboxylic acid groups (broad SMARTS) is 1. The predicted octanol–water partition coefficient (Wildman–Crippen LogP) is -0.183. The molecule has 0 bridgehead atoms. The van der Waals surface area contributed by atoms with Gasteiger partial charge >= 0.3 is 5.97 Å². The minimum Gasteiger partial charge on any atom is -0.481 e. The van der Waals surface area contributed by atoms with Gasteiger partial charge in [-0.15, -0.1) is 0 Å². The molecule has 1 unspecified atom stereocenters. The van der Waals surface area contributed by atoms with Crippen LogP contribution in [0.3, 0.4) is 0 Å². The van der Waals surface area contributed by atoms with E-state index in [-0.39, 0.29) is 36.8 Å². The average molecular weight is 311 g/mol. The van der Waals surface area contributed by atoms with Crippen LogP contribution in [0.5, 0.6) is 0 Å². The van der Waals surface area contributed by atoms with Gasteiger partial charge in [0.2, 0.25) is 10.0 Å². The first-order valence-electron chi connectivity index (χ1n) is 6.12. The molecule has 0 saturated carbocycles. The van der Waals surface area contributed by atoms with Crippen molar-refractivity contribution in [3.8, 4) is 6.07 Å². The van der Waals surface area contributed by atoms with Gasteiger partial charge in [0, 0.05) is 12.7 Å². The van der Waals surface area contributed by atoms with Crippen LogP contribution in [0.15, 0.2) is 23.2 Å². The molecule has 21 heavy (non-hydrogen) atoms. The summed E-state index contributed by atoms with van der Waals surface area (Å²) in [5.41, 5.74) is 0.109. The predicted molar refractivity (Wildman–Crippen MR) is 69.7 cm³/mol. The van der Waals surface area contributed by atoms with E-state index in [4.69, 9.17) is 15.1 Å². The Morgan fingerprint density at radius 3 is 2.90 bits per heavy atom. The highest BCUT2D eigenvalue weighted by molar-refractivity contribution is 7.89. The van der Waals surface area contributed by atoms with Crippen molar-refractivity contribution in [2.45, 2.75) is 17.4 Å². The van der Waals surface area contributed by atoms with Crippen LogP contribution < -0.4 is 0 Å². The topological polar surface area (TPSA) is 121 Å². The Hall–Kier alpha value is -2.02. The van der Waals surface area contributed by atoms with Gasteiger partial charge in [-0.1, -0.05) is 0 Å². The summed E-state index contributed by atoms with van der Waals surface area (Å²) in [4.78, 5) is 14.5. The van der Waals surface area contributed by atoms with Crippen molar-refractivity contribution in [2.75, 3.05) is 19.8 Å². The molecule has 1 N–H and O–H groups in total. The second-order valence-electron chi connectivity index (χ2n) is 4.43. The molecule has 0 amide bonds. The first kappa shape index (κ1) is 15.4. The van der Waals surface area contributed by atoms with Crippen molar-refractivity contribution in [3.63, 3.8) is 0 Å². The third-order valence-corrected chi connectivity index (χ3v) is 4.98. The number of morpholine rings is 1. The van der Waals surface area contributed by atoms with E-state index in [1.54, 1.807) is 6.07 Å². The van der Waals surface area contributed by atoms with Crippen molar-refractivity contribution in [2.24, 2.45) is 0 Å². The van der Waals surface area contributed by atoms with E-state index in [2.05, 4.69) is 4.98 Å². The highest BCUT2D eigenvalue weighted by Crippen LogP contribution is 2.21. The Morgan fingerprint density at radius 1 is 1.57 bits per heavy atom. The van der Waals surface area contributed by atoms with E-state index >= 15 is 0 Å². The van der Waals surface area contributed by atoms with Gasteiger partial charge in [0.05, 0.1) is 25.7 Å². The maximum atomic E-state index is 12.5. The fourth-order valence-corrected chi connectivity index (χ4v) is 3.59. The smallest absolute Gasteiger partial charge is 0.305 e. The highest BCUT2D eigenvalue weighted by Gasteiger charge is 2.35. The van der Waals surface area contributed by atoms with Crippen molar-refractivity contribution in [3.05, 3.63) is 24.0 Å². The molecular formula is C12H13N3O5S. The summed E-state index contributed by atoms with van der Waals surface area (Å²) in [6, 6.07) is 3.64. The Bertz CT molecular complexity index is 665. The number of nitrogens with zero attached hydrogens (tertiary/aromatic N) is 3. The molecule has 0 aromatic carbocycles. The first-order chi connectivity index (χ1) is 9.95.